The van der Waals surface area contributed by atoms with Crippen molar-refractivity contribution in [3.05, 3.63) is 64.8 Å². The van der Waals surface area contributed by atoms with Crippen molar-refractivity contribution in [2.75, 3.05) is 38.1 Å². The lowest BCUT2D eigenvalue weighted by Gasteiger charge is -2.28. The molecule has 0 spiro atoms. The van der Waals surface area contributed by atoms with Gasteiger partial charge in [-0.1, -0.05) is 23.2 Å². The highest BCUT2D eigenvalue weighted by molar-refractivity contribution is 7.93. The van der Waals surface area contributed by atoms with E-state index in [1.165, 1.54) is 12.2 Å². The molecule has 10 nitrogen and oxygen atoms in total. The second-order valence-corrected chi connectivity index (χ2v) is 11.6. The smallest absolute Gasteiger partial charge is 0.324 e. The zero-order chi connectivity index (χ0) is 26.7. The number of halogens is 2. The number of carboxylic acids is 1. The molecule has 37 heavy (non-hydrogen) atoms. The first-order valence-corrected chi connectivity index (χ1v) is 13.5. The third-order valence-electron chi connectivity index (χ3n) is 5.63. The second kappa shape index (κ2) is 11.1. The maximum absolute atomic E-state index is 13.5. The van der Waals surface area contributed by atoms with Gasteiger partial charge in [-0.15, -0.1) is 10.2 Å². The molecule has 1 N–H and O–H groups in total. The van der Waals surface area contributed by atoms with E-state index < -0.39 is 27.8 Å². The number of aromatic nitrogens is 3. The number of likely N-dealkylation sites (N-methyl/N-ethyl adjacent to an activating group) is 1. The van der Waals surface area contributed by atoms with Crippen LogP contribution in [0.4, 0.5) is 5.69 Å². The maximum atomic E-state index is 13.5. The maximum Gasteiger partial charge on any atom is 0.324 e. The molecule has 2 heterocycles. The number of carboxylic acid groups (broad SMARTS) is 1. The van der Waals surface area contributed by atoms with Crippen molar-refractivity contribution >= 4 is 55.8 Å². The van der Waals surface area contributed by atoms with Crippen molar-refractivity contribution in [2.45, 2.75) is 11.7 Å². The molecule has 0 radical (unpaired) electrons. The van der Waals surface area contributed by atoms with Gasteiger partial charge < -0.3 is 14.7 Å². The molecule has 4 rings (SSSR count). The number of carbonyl (C=O) groups is 1. The summed E-state index contributed by atoms with van der Waals surface area (Å²) in [5.41, 5.74) is 0.942. The Morgan fingerprint density at radius 3 is 2.62 bits per heavy atom. The lowest BCUT2D eigenvalue weighted by molar-refractivity contribution is -0.135. The summed E-state index contributed by atoms with van der Waals surface area (Å²) in [6, 6.07) is 10.1. The highest BCUT2D eigenvalue weighted by Crippen LogP contribution is 2.32. The fraction of sp³-hybridized carbons (Fsp3) is 0.292. The van der Waals surface area contributed by atoms with Crippen LogP contribution in [0.5, 0.6) is 5.88 Å². The van der Waals surface area contributed by atoms with Crippen molar-refractivity contribution in [3.63, 3.8) is 0 Å². The highest BCUT2D eigenvalue weighted by atomic mass is 35.5. The van der Waals surface area contributed by atoms with Gasteiger partial charge in [0, 0.05) is 40.7 Å². The van der Waals surface area contributed by atoms with E-state index in [0.29, 0.717) is 23.7 Å². The predicted octanol–water partition coefficient (Wildman–Crippen LogP) is 3.60. The van der Waals surface area contributed by atoms with E-state index in [2.05, 4.69) is 10.2 Å². The molecule has 1 aliphatic rings. The Balaban J connectivity index is 1.62. The Hall–Kier alpha value is -3.12. The van der Waals surface area contributed by atoms with Gasteiger partial charge in [0.2, 0.25) is 15.9 Å². The van der Waals surface area contributed by atoms with Gasteiger partial charge in [-0.25, -0.2) is 8.42 Å². The van der Waals surface area contributed by atoms with Gasteiger partial charge in [-0.2, -0.15) is 0 Å². The van der Waals surface area contributed by atoms with Crippen molar-refractivity contribution in [2.24, 2.45) is 0 Å². The van der Waals surface area contributed by atoms with E-state index in [0.717, 1.165) is 16.4 Å². The first-order valence-electron chi connectivity index (χ1n) is 11.2. The van der Waals surface area contributed by atoms with Crippen LogP contribution in [0.15, 0.2) is 64.8 Å². The van der Waals surface area contributed by atoms with E-state index in [1.54, 1.807) is 47.2 Å². The van der Waals surface area contributed by atoms with E-state index in [1.807, 2.05) is 19.0 Å². The Morgan fingerprint density at radius 2 is 1.97 bits per heavy atom. The summed E-state index contributed by atoms with van der Waals surface area (Å²) >= 11 is 12.1. The van der Waals surface area contributed by atoms with Crippen LogP contribution in [0.25, 0.3) is 16.7 Å². The van der Waals surface area contributed by atoms with E-state index in [-0.39, 0.29) is 22.2 Å². The Bertz CT molecular complexity index is 1470. The van der Waals surface area contributed by atoms with Crippen molar-refractivity contribution in [1.82, 2.24) is 19.7 Å². The van der Waals surface area contributed by atoms with Crippen LogP contribution in [-0.2, 0) is 14.8 Å². The summed E-state index contributed by atoms with van der Waals surface area (Å²) in [5, 5.41) is 17.9. The number of hydrogen-bond acceptors (Lipinski definition) is 7. The summed E-state index contributed by atoms with van der Waals surface area (Å²) in [6.07, 6.45) is 4.60. The molecule has 1 aliphatic carbocycles. The normalized spacial score (nSPS) is 16.0. The molecule has 3 aromatic rings. The van der Waals surface area contributed by atoms with Crippen molar-refractivity contribution in [1.29, 1.82) is 0 Å². The van der Waals surface area contributed by atoms with E-state index >= 15 is 0 Å². The largest absolute Gasteiger partial charge is 0.480 e. The zero-order valence-electron chi connectivity index (χ0n) is 20.1. The minimum Gasteiger partial charge on any atom is -0.480 e. The zero-order valence-corrected chi connectivity index (χ0v) is 22.4. The van der Waals surface area contributed by atoms with Crippen LogP contribution < -0.4 is 9.04 Å². The summed E-state index contributed by atoms with van der Waals surface area (Å²) in [4.78, 5) is 13.6. The average Bonchev–Trinajstić information content (AvgIpc) is 3.25. The molecule has 196 valence electrons. The van der Waals surface area contributed by atoms with Crippen LogP contribution in [0, 0.1) is 0 Å². The topological polar surface area (TPSA) is 118 Å². The van der Waals surface area contributed by atoms with Crippen LogP contribution in [0.1, 0.15) is 6.42 Å². The molecule has 0 aliphatic heterocycles. The molecule has 13 heteroatoms. The first-order chi connectivity index (χ1) is 17.5. The lowest BCUT2D eigenvalue weighted by atomic mass is 10.2. The van der Waals surface area contributed by atoms with Crippen molar-refractivity contribution < 1.29 is 23.1 Å². The van der Waals surface area contributed by atoms with Gasteiger partial charge in [0.25, 0.3) is 0 Å². The molecule has 1 aromatic carbocycles. The third kappa shape index (κ3) is 6.24. The summed E-state index contributed by atoms with van der Waals surface area (Å²) in [6.45, 7) is 0.479. The summed E-state index contributed by atoms with van der Waals surface area (Å²) < 4.78 is 35.2. The minimum absolute atomic E-state index is 0.00235. The van der Waals surface area contributed by atoms with Crippen LogP contribution in [-0.4, -0.2) is 78.2 Å². The number of anilines is 1. The first kappa shape index (κ1) is 26.9. The Morgan fingerprint density at radius 1 is 1.19 bits per heavy atom. The van der Waals surface area contributed by atoms with Gasteiger partial charge in [0.1, 0.15) is 18.4 Å². The Kier molecular flexibility index (Phi) is 8.08. The monoisotopic (exact) mass is 565 g/mol. The Labute approximate surface area is 224 Å². The molecule has 0 saturated heterocycles. The SMILES string of the molecule is CN(C)CCOc1ccc(-n2ccc3cc(N(CC(=O)O)S(=O)(=O)C4C=C(Cl)C=C(Cl)C4)ccc32)nn1. The molecule has 0 amide bonds. The number of hydrogen-bond donors (Lipinski definition) is 1. The standard InChI is InChI=1S/C24H25Cl2N5O5S/c1-29(2)9-10-36-23-6-5-22(27-28-23)30-8-7-16-11-19(3-4-21(16)30)31(15-24(32)33)37(34,35)20-13-17(25)12-18(26)14-20/h3-8,11-13,20H,9-10,14-15H2,1-2H3,(H,32,33). The van der Waals surface area contributed by atoms with Gasteiger partial charge in [0.15, 0.2) is 5.82 Å². The average molecular weight is 566 g/mol. The summed E-state index contributed by atoms with van der Waals surface area (Å²) in [5.74, 6) is -0.344. The number of benzene rings is 1. The number of fused-ring (bicyclic) bond motifs is 1. The van der Waals surface area contributed by atoms with Gasteiger partial charge in [-0.05, 0) is 56.6 Å². The van der Waals surface area contributed by atoms with Crippen LogP contribution >= 0.6 is 23.2 Å². The lowest BCUT2D eigenvalue weighted by Crippen LogP contribution is -2.41. The molecule has 0 saturated carbocycles. The van der Waals surface area contributed by atoms with Gasteiger partial charge >= 0.3 is 5.97 Å². The van der Waals surface area contributed by atoms with E-state index in [4.69, 9.17) is 27.9 Å². The van der Waals surface area contributed by atoms with Crippen LogP contribution in [0.2, 0.25) is 0 Å². The van der Waals surface area contributed by atoms with Gasteiger partial charge in [-0.3, -0.25) is 13.7 Å². The molecule has 2 aromatic heterocycles. The summed E-state index contributed by atoms with van der Waals surface area (Å²) in [7, 11) is -0.248. The molecule has 0 bridgehead atoms. The molecular weight excluding hydrogens is 541 g/mol. The number of sulfonamides is 1. The predicted molar refractivity (Wildman–Crippen MR) is 143 cm³/mol. The molecular formula is C24H25Cl2N5O5S. The number of allylic oxidation sites excluding steroid dienone is 3. The number of aliphatic carboxylic acids is 1. The number of nitrogens with zero attached hydrogens (tertiary/aromatic N) is 5. The fourth-order valence-electron chi connectivity index (χ4n) is 3.83. The molecule has 1 atom stereocenters. The third-order valence-corrected chi connectivity index (χ3v) is 8.15. The van der Waals surface area contributed by atoms with E-state index in [9.17, 15) is 18.3 Å². The minimum atomic E-state index is -4.15. The second-order valence-electron chi connectivity index (χ2n) is 8.64. The number of ether oxygens (including phenoxy) is 1. The van der Waals surface area contributed by atoms with Crippen LogP contribution in [0.3, 0.4) is 0 Å². The molecule has 0 fully saturated rings. The quantitative estimate of drug-likeness (QED) is 0.396. The van der Waals surface area contributed by atoms with Crippen molar-refractivity contribution in [3.8, 4) is 11.7 Å². The van der Waals surface area contributed by atoms with Gasteiger partial charge in [0.05, 0.1) is 11.2 Å². The molecule has 1 unspecified atom stereocenters. The fourth-order valence-corrected chi connectivity index (χ4v) is 6.35. The highest BCUT2D eigenvalue weighted by Gasteiger charge is 2.34. The number of rotatable bonds is 10.